The van der Waals surface area contributed by atoms with Crippen molar-refractivity contribution in [2.24, 2.45) is 0 Å². The number of benzene rings is 3. The molecule has 0 fully saturated rings. The normalized spacial score (nSPS) is 12.2. The molecule has 2 N–H and O–H groups in total. The van der Waals surface area contributed by atoms with Gasteiger partial charge in [-0.15, -0.1) is 0 Å². The Morgan fingerprint density at radius 3 is 2.18 bits per heavy atom. The van der Waals surface area contributed by atoms with Gasteiger partial charge in [-0.1, -0.05) is 18.2 Å². The molecule has 0 saturated heterocycles. The van der Waals surface area contributed by atoms with E-state index in [9.17, 15) is 13.2 Å². The maximum Gasteiger partial charge on any atom is 0.265 e. The van der Waals surface area contributed by atoms with Crippen molar-refractivity contribution in [3.8, 4) is 5.75 Å². The molecule has 1 amide bonds. The molecule has 0 heterocycles. The molecule has 3 rings (SSSR count). The molecule has 0 bridgehead atoms. The zero-order valence-electron chi connectivity index (χ0n) is 19.8. The first-order chi connectivity index (χ1) is 15.5. The highest BCUT2D eigenvalue weighted by molar-refractivity contribution is 7.92. The summed E-state index contributed by atoms with van der Waals surface area (Å²) in [5.74, 6) is 0.354. The van der Waals surface area contributed by atoms with E-state index in [1.165, 1.54) is 12.1 Å². The lowest BCUT2D eigenvalue weighted by atomic mass is 10.1. The Morgan fingerprint density at radius 1 is 0.848 bits per heavy atom. The number of hydrogen-bond donors (Lipinski definition) is 2. The third-order valence-corrected chi connectivity index (χ3v) is 6.89. The summed E-state index contributed by atoms with van der Waals surface area (Å²) in [6, 6.07) is 15.6. The Morgan fingerprint density at radius 2 is 1.52 bits per heavy atom. The van der Waals surface area contributed by atoms with Gasteiger partial charge in [0.15, 0.2) is 6.10 Å². The summed E-state index contributed by atoms with van der Waals surface area (Å²) in [5, 5.41) is 2.78. The fraction of sp³-hybridized carbons (Fsp3) is 0.269. The first-order valence-corrected chi connectivity index (χ1v) is 12.2. The van der Waals surface area contributed by atoms with E-state index in [1.54, 1.807) is 25.1 Å². The number of ether oxygens (including phenoxy) is 1. The standard InChI is InChI=1S/C26H30N2O4S/c1-16-7-8-18(3)24(14-16)28-33(30,31)23-11-9-22(10-12-23)27-26(29)21(6)32-25-15-17(2)13-19(4)20(25)5/h7-15,21,28H,1-6H3,(H,27,29)/t21-/m0/s1. The molecule has 0 radical (unpaired) electrons. The second-order valence-corrected chi connectivity index (χ2v) is 10.1. The molecule has 33 heavy (non-hydrogen) atoms. The monoisotopic (exact) mass is 466 g/mol. The predicted octanol–water partition coefficient (Wildman–Crippen LogP) is 5.44. The van der Waals surface area contributed by atoms with Crippen LogP contribution in [0.5, 0.6) is 5.75 Å². The summed E-state index contributed by atoms with van der Waals surface area (Å²) in [6.45, 7) is 11.4. The van der Waals surface area contributed by atoms with E-state index in [2.05, 4.69) is 16.1 Å². The zero-order chi connectivity index (χ0) is 24.3. The quantitative estimate of drug-likeness (QED) is 0.486. The van der Waals surface area contributed by atoms with Crippen molar-refractivity contribution in [2.75, 3.05) is 10.0 Å². The van der Waals surface area contributed by atoms with Crippen LogP contribution >= 0.6 is 0 Å². The van der Waals surface area contributed by atoms with Crippen LogP contribution < -0.4 is 14.8 Å². The zero-order valence-corrected chi connectivity index (χ0v) is 20.6. The van der Waals surface area contributed by atoms with E-state index in [1.807, 2.05) is 52.8 Å². The summed E-state index contributed by atoms with van der Waals surface area (Å²) < 4.78 is 34.1. The topological polar surface area (TPSA) is 84.5 Å². The Balaban J connectivity index is 1.68. The average Bonchev–Trinajstić information content (AvgIpc) is 2.74. The lowest BCUT2D eigenvalue weighted by Crippen LogP contribution is -2.30. The van der Waals surface area contributed by atoms with Crippen LogP contribution in [-0.4, -0.2) is 20.4 Å². The number of carbonyl (C=O) groups excluding carboxylic acids is 1. The van der Waals surface area contributed by atoms with Gasteiger partial charge in [-0.3, -0.25) is 9.52 Å². The Kier molecular flexibility index (Phi) is 7.12. The van der Waals surface area contributed by atoms with Gasteiger partial charge in [0.25, 0.3) is 15.9 Å². The van der Waals surface area contributed by atoms with Crippen molar-refractivity contribution in [3.63, 3.8) is 0 Å². The van der Waals surface area contributed by atoms with Gasteiger partial charge >= 0.3 is 0 Å². The number of rotatable bonds is 7. The van der Waals surface area contributed by atoms with E-state index >= 15 is 0 Å². The highest BCUT2D eigenvalue weighted by atomic mass is 32.2. The Labute approximate surface area is 196 Å². The Hall–Kier alpha value is -3.32. The lowest BCUT2D eigenvalue weighted by Gasteiger charge is -2.18. The molecule has 0 unspecified atom stereocenters. The van der Waals surface area contributed by atoms with Crippen molar-refractivity contribution in [1.82, 2.24) is 0 Å². The molecule has 3 aromatic rings. The maximum absolute atomic E-state index is 12.8. The van der Waals surface area contributed by atoms with E-state index < -0.39 is 16.1 Å². The van der Waals surface area contributed by atoms with Crippen LogP contribution in [0.25, 0.3) is 0 Å². The average molecular weight is 467 g/mol. The highest BCUT2D eigenvalue weighted by Gasteiger charge is 2.19. The molecule has 0 spiro atoms. The summed E-state index contributed by atoms with van der Waals surface area (Å²) in [5.41, 5.74) is 5.98. The van der Waals surface area contributed by atoms with Crippen LogP contribution in [0.2, 0.25) is 0 Å². The van der Waals surface area contributed by atoms with Crippen LogP contribution in [0.3, 0.4) is 0 Å². The second-order valence-electron chi connectivity index (χ2n) is 8.40. The largest absolute Gasteiger partial charge is 0.481 e. The minimum atomic E-state index is -3.76. The van der Waals surface area contributed by atoms with E-state index in [0.29, 0.717) is 17.1 Å². The molecule has 0 aromatic heterocycles. The van der Waals surface area contributed by atoms with Gasteiger partial charge in [0.05, 0.1) is 10.6 Å². The van der Waals surface area contributed by atoms with E-state index in [4.69, 9.17) is 4.74 Å². The highest BCUT2D eigenvalue weighted by Crippen LogP contribution is 2.25. The summed E-state index contributed by atoms with van der Waals surface area (Å²) >= 11 is 0. The predicted molar refractivity (Wildman–Crippen MR) is 133 cm³/mol. The van der Waals surface area contributed by atoms with Gasteiger partial charge < -0.3 is 10.1 Å². The summed E-state index contributed by atoms with van der Waals surface area (Å²) in [7, 11) is -3.76. The van der Waals surface area contributed by atoms with Gasteiger partial charge in [0, 0.05) is 5.69 Å². The van der Waals surface area contributed by atoms with Crippen molar-refractivity contribution < 1.29 is 17.9 Å². The molecular weight excluding hydrogens is 436 g/mol. The van der Waals surface area contributed by atoms with Crippen LogP contribution in [0.1, 0.15) is 34.7 Å². The molecule has 1 atom stereocenters. The first kappa shape index (κ1) is 24.3. The molecule has 0 aliphatic carbocycles. The van der Waals surface area contributed by atoms with E-state index in [0.717, 1.165) is 27.8 Å². The first-order valence-electron chi connectivity index (χ1n) is 10.7. The fourth-order valence-corrected chi connectivity index (χ4v) is 4.50. The van der Waals surface area contributed by atoms with Gasteiger partial charge in [-0.25, -0.2) is 8.42 Å². The molecule has 3 aromatic carbocycles. The fourth-order valence-electron chi connectivity index (χ4n) is 3.38. The second kappa shape index (κ2) is 9.67. The number of hydrogen-bond acceptors (Lipinski definition) is 4. The van der Waals surface area contributed by atoms with Gasteiger partial charge in [0.2, 0.25) is 0 Å². The smallest absolute Gasteiger partial charge is 0.265 e. The molecule has 7 heteroatoms. The van der Waals surface area contributed by atoms with Crippen molar-refractivity contribution in [2.45, 2.75) is 52.5 Å². The van der Waals surface area contributed by atoms with Gasteiger partial charge in [0.1, 0.15) is 5.75 Å². The molecule has 174 valence electrons. The minimum absolute atomic E-state index is 0.108. The third-order valence-electron chi connectivity index (χ3n) is 5.51. The van der Waals surface area contributed by atoms with Gasteiger partial charge in [-0.2, -0.15) is 0 Å². The van der Waals surface area contributed by atoms with E-state index in [-0.39, 0.29) is 10.8 Å². The van der Waals surface area contributed by atoms with Crippen LogP contribution in [0.4, 0.5) is 11.4 Å². The van der Waals surface area contributed by atoms with Crippen LogP contribution in [-0.2, 0) is 14.8 Å². The van der Waals surface area contributed by atoms with Crippen molar-refractivity contribution in [1.29, 1.82) is 0 Å². The molecule has 0 aliphatic rings. The van der Waals surface area contributed by atoms with Crippen molar-refractivity contribution in [3.05, 3.63) is 82.4 Å². The number of amides is 1. The molecule has 0 saturated carbocycles. The molecule has 6 nitrogen and oxygen atoms in total. The lowest BCUT2D eigenvalue weighted by molar-refractivity contribution is -0.122. The van der Waals surface area contributed by atoms with Crippen LogP contribution in [0, 0.1) is 34.6 Å². The number of carbonyl (C=O) groups is 1. The summed E-state index contributed by atoms with van der Waals surface area (Å²) in [4.78, 5) is 12.7. The summed E-state index contributed by atoms with van der Waals surface area (Å²) in [6.07, 6.45) is -0.723. The van der Waals surface area contributed by atoms with Crippen LogP contribution in [0.15, 0.2) is 59.5 Å². The number of anilines is 2. The number of nitrogens with one attached hydrogen (secondary N) is 2. The number of sulfonamides is 1. The SMILES string of the molecule is Cc1ccc(C)c(NS(=O)(=O)c2ccc(NC(=O)[C@H](C)Oc3cc(C)cc(C)c3C)cc2)c1. The minimum Gasteiger partial charge on any atom is -0.481 e. The number of aryl methyl sites for hydroxylation is 4. The van der Waals surface area contributed by atoms with Gasteiger partial charge in [-0.05, 0) is 106 Å². The third kappa shape index (κ3) is 5.93. The molecule has 0 aliphatic heterocycles. The maximum atomic E-state index is 12.8. The molecular formula is C26H30N2O4S. The van der Waals surface area contributed by atoms with Crippen molar-refractivity contribution >= 4 is 27.3 Å². The Bertz CT molecular complexity index is 1280.